The Bertz CT molecular complexity index is 1160. The Morgan fingerprint density at radius 2 is 1.61 bits per heavy atom. The van der Waals surface area contributed by atoms with E-state index in [0.29, 0.717) is 11.6 Å². The number of sulfonamides is 1. The van der Waals surface area contributed by atoms with Crippen LogP contribution in [0.5, 0.6) is 0 Å². The number of benzene rings is 2. The van der Waals surface area contributed by atoms with Gasteiger partial charge >= 0.3 is 0 Å². The fourth-order valence-corrected chi connectivity index (χ4v) is 5.43. The molecule has 1 fully saturated rings. The van der Waals surface area contributed by atoms with Crippen molar-refractivity contribution in [2.45, 2.75) is 77.9 Å². The van der Waals surface area contributed by atoms with Crippen molar-refractivity contribution in [3.63, 3.8) is 0 Å². The quantitative estimate of drug-likeness (QED) is 0.511. The molecule has 1 aliphatic rings. The normalized spacial score (nSPS) is 15.1. The van der Waals surface area contributed by atoms with Gasteiger partial charge < -0.3 is 10.2 Å². The Morgan fingerprint density at radius 1 is 1.00 bits per heavy atom. The molecule has 1 unspecified atom stereocenters. The first-order valence-electron chi connectivity index (χ1n) is 12.7. The number of rotatable bonds is 10. The standard InChI is InChI=1S/C28H39N3O4S/c1-20(2)23-14-16-26(17-15-23)31(36(5,34)35)19-27(32)30(18-24-11-7-6-10-21(24)3)22(4)28(33)29-25-12-8-9-13-25/h6-7,10-11,14-17,20,22,25H,8-9,12-13,18-19H2,1-5H3,(H,29,33). The molecule has 0 spiro atoms. The first-order valence-corrected chi connectivity index (χ1v) is 14.5. The molecule has 0 bridgehead atoms. The van der Waals surface area contributed by atoms with Gasteiger partial charge in [-0.1, -0.05) is 63.1 Å². The van der Waals surface area contributed by atoms with Crippen LogP contribution >= 0.6 is 0 Å². The monoisotopic (exact) mass is 513 g/mol. The fourth-order valence-electron chi connectivity index (χ4n) is 4.58. The molecule has 36 heavy (non-hydrogen) atoms. The predicted octanol–water partition coefficient (Wildman–Crippen LogP) is 4.36. The first-order chi connectivity index (χ1) is 17.0. The van der Waals surface area contributed by atoms with Crippen molar-refractivity contribution < 1.29 is 18.0 Å². The zero-order valence-electron chi connectivity index (χ0n) is 22.0. The summed E-state index contributed by atoms with van der Waals surface area (Å²) in [5.41, 5.74) is 3.42. The van der Waals surface area contributed by atoms with Crippen molar-refractivity contribution in [3.8, 4) is 0 Å². The van der Waals surface area contributed by atoms with Gasteiger partial charge in [-0.25, -0.2) is 8.42 Å². The molecule has 0 radical (unpaired) electrons. The minimum absolute atomic E-state index is 0.127. The van der Waals surface area contributed by atoms with Gasteiger partial charge in [0.15, 0.2) is 0 Å². The maximum absolute atomic E-state index is 13.7. The summed E-state index contributed by atoms with van der Waals surface area (Å²) in [6.07, 6.45) is 5.16. The number of hydrogen-bond acceptors (Lipinski definition) is 4. The molecule has 1 aliphatic carbocycles. The molecule has 0 heterocycles. The van der Waals surface area contributed by atoms with Crippen LogP contribution in [0.2, 0.25) is 0 Å². The number of nitrogens with one attached hydrogen (secondary N) is 1. The third kappa shape index (κ3) is 7.09. The summed E-state index contributed by atoms with van der Waals surface area (Å²) in [6, 6.07) is 14.3. The van der Waals surface area contributed by atoms with Crippen LogP contribution in [0.3, 0.4) is 0 Å². The van der Waals surface area contributed by atoms with Crippen molar-refractivity contribution in [2.75, 3.05) is 17.1 Å². The maximum Gasteiger partial charge on any atom is 0.244 e. The lowest BCUT2D eigenvalue weighted by atomic mass is 10.0. The van der Waals surface area contributed by atoms with Gasteiger partial charge in [0.1, 0.15) is 12.6 Å². The second-order valence-corrected chi connectivity index (χ2v) is 12.0. The Morgan fingerprint density at radius 3 is 2.17 bits per heavy atom. The average Bonchev–Trinajstić information content (AvgIpc) is 3.34. The molecule has 0 aromatic heterocycles. The smallest absolute Gasteiger partial charge is 0.244 e. The van der Waals surface area contributed by atoms with Crippen LogP contribution in [0.15, 0.2) is 48.5 Å². The summed E-state index contributed by atoms with van der Waals surface area (Å²) in [7, 11) is -3.74. The highest BCUT2D eigenvalue weighted by Crippen LogP contribution is 2.23. The molecule has 1 saturated carbocycles. The van der Waals surface area contributed by atoms with Crippen molar-refractivity contribution >= 4 is 27.5 Å². The number of carbonyl (C=O) groups excluding carboxylic acids is 2. The SMILES string of the molecule is Cc1ccccc1CN(C(=O)CN(c1ccc(C(C)C)cc1)S(C)(=O)=O)C(C)C(=O)NC1CCCC1. The van der Waals surface area contributed by atoms with Gasteiger partial charge in [0.2, 0.25) is 21.8 Å². The Labute approximate surface area is 215 Å². The number of hydrogen-bond donors (Lipinski definition) is 1. The van der Waals surface area contributed by atoms with E-state index in [2.05, 4.69) is 19.2 Å². The molecule has 1 N–H and O–H groups in total. The van der Waals surface area contributed by atoms with E-state index in [1.54, 1.807) is 19.1 Å². The van der Waals surface area contributed by atoms with Crippen LogP contribution in [0.4, 0.5) is 5.69 Å². The first kappa shape index (κ1) is 27.7. The average molecular weight is 514 g/mol. The van der Waals surface area contributed by atoms with E-state index in [-0.39, 0.29) is 25.0 Å². The van der Waals surface area contributed by atoms with Crippen molar-refractivity contribution in [3.05, 3.63) is 65.2 Å². The van der Waals surface area contributed by atoms with E-state index >= 15 is 0 Å². The highest BCUT2D eigenvalue weighted by molar-refractivity contribution is 7.92. The van der Waals surface area contributed by atoms with Gasteiger partial charge in [-0.15, -0.1) is 0 Å². The molecule has 0 aliphatic heterocycles. The number of aryl methyl sites for hydroxylation is 1. The van der Waals surface area contributed by atoms with Crippen molar-refractivity contribution in [1.82, 2.24) is 10.2 Å². The highest BCUT2D eigenvalue weighted by atomic mass is 32.2. The molecule has 3 rings (SSSR count). The zero-order chi connectivity index (χ0) is 26.5. The highest BCUT2D eigenvalue weighted by Gasteiger charge is 2.31. The summed E-state index contributed by atoms with van der Waals surface area (Å²) in [4.78, 5) is 28.3. The molecule has 8 heteroatoms. The minimum atomic E-state index is -3.74. The minimum Gasteiger partial charge on any atom is -0.352 e. The van der Waals surface area contributed by atoms with E-state index in [9.17, 15) is 18.0 Å². The van der Waals surface area contributed by atoms with Crippen LogP contribution in [0.25, 0.3) is 0 Å². The molecule has 2 aromatic carbocycles. The summed E-state index contributed by atoms with van der Waals surface area (Å²) >= 11 is 0. The molecular formula is C28H39N3O4S. The van der Waals surface area contributed by atoms with Gasteiger partial charge in [0, 0.05) is 12.6 Å². The van der Waals surface area contributed by atoms with Crippen LogP contribution in [0, 0.1) is 6.92 Å². The van der Waals surface area contributed by atoms with E-state index in [4.69, 9.17) is 0 Å². The molecule has 196 valence electrons. The second kappa shape index (κ2) is 11.9. The van der Waals surface area contributed by atoms with Gasteiger partial charge in [-0.05, 0) is 61.4 Å². The topological polar surface area (TPSA) is 86.8 Å². The van der Waals surface area contributed by atoms with Gasteiger partial charge in [-0.3, -0.25) is 13.9 Å². The number of carbonyl (C=O) groups is 2. The van der Waals surface area contributed by atoms with Gasteiger partial charge in [0.05, 0.1) is 11.9 Å². The molecule has 1 atom stereocenters. The molecule has 2 aromatic rings. The molecular weight excluding hydrogens is 474 g/mol. The summed E-state index contributed by atoms with van der Waals surface area (Å²) in [6.45, 7) is 7.63. The third-order valence-corrected chi connectivity index (χ3v) is 8.14. The maximum atomic E-state index is 13.7. The zero-order valence-corrected chi connectivity index (χ0v) is 22.8. The van der Waals surface area contributed by atoms with Gasteiger partial charge in [0.25, 0.3) is 0 Å². The van der Waals surface area contributed by atoms with Crippen molar-refractivity contribution in [1.29, 1.82) is 0 Å². The number of amides is 2. The van der Waals surface area contributed by atoms with Crippen molar-refractivity contribution in [2.24, 2.45) is 0 Å². The van der Waals surface area contributed by atoms with E-state index in [1.165, 1.54) is 4.90 Å². The second-order valence-electron chi connectivity index (χ2n) is 10.1. The van der Waals surface area contributed by atoms with Crippen LogP contribution in [-0.2, 0) is 26.2 Å². The Balaban J connectivity index is 1.88. The lowest BCUT2D eigenvalue weighted by molar-refractivity contribution is -0.139. The van der Waals surface area contributed by atoms with E-state index in [1.807, 2.05) is 43.3 Å². The predicted molar refractivity (Wildman–Crippen MR) is 144 cm³/mol. The molecule has 2 amide bonds. The van der Waals surface area contributed by atoms with E-state index in [0.717, 1.165) is 52.9 Å². The lowest BCUT2D eigenvalue weighted by Gasteiger charge is -2.32. The van der Waals surface area contributed by atoms with Gasteiger partial charge in [-0.2, -0.15) is 0 Å². The molecule has 0 saturated heterocycles. The Kier molecular flexibility index (Phi) is 9.17. The fraction of sp³-hybridized carbons (Fsp3) is 0.500. The van der Waals surface area contributed by atoms with Crippen LogP contribution < -0.4 is 9.62 Å². The largest absolute Gasteiger partial charge is 0.352 e. The lowest BCUT2D eigenvalue weighted by Crippen LogP contribution is -2.52. The van der Waals surface area contributed by atoms with Crippen LogP contribution in [-0.4, -0.2) is 50.0 Å². The summed E-state index contributed by atoms with van der Waals surface area (Å²) < 4.78 is 26.6. The third-order valence-electron chi connectivity index (χ3n) is 7.00. The Hall–Kier alpha value is -2.87. The summed E-state index contributed by atoms with van der Waals surface area (Å²) in [5, 5.41) is 3.08. The number of nitrogens with zero attached hydrogens (tertiary/aromatic N) is 2. The number of anilines is 1. The summed E-state index contributed by atoms with van der Waals surface area (Å²) in [5.74, 6) is -0.335. The van der Waals surface area contributed by atoms with Crippen LogP contribution in [0.1, 0.15) is 69.1 Å². The van der Waals surface area contributed by atoms with E-state index < -0.39 is 22.0 Å². The molecule has 7 nitrogen and oxygen atoms in total.